The molecule has 1 amide bonds. The maximum absolute atomic E-state index is 13.2. The predicted octanol–water partition coefficient (Wildman–Crippen LogP) is 4.85. The quantitative estimate of drug-likeness (QED) is 0.519. The molecule has 2 aromatic carbocycles. The molecule has 2 N–H and O–H groups in total. The molecule has 4 aromatic rings. The molecule has 5 rings (SSSR count). The van der Waals surface area contributed by atoms with Crippen LogP contribution in [-0.4, -0.2) is 17.4 Å². The topological polar surface area (TPSA) is 59.2 Å². The molecule has 4 nitrogen and oxygen atoms in total. The molecule has 0 bridgehead atoms. The van der Waals surface area contributed by atoms with Gasteiger partial charge >= 0.3 is 0 Å². The van der Waals surface area contributed by atoms with Gasteiger partial charge in [-0.3, -0.25) is 4.79 Å². The monoisotopic (exact) mass is 373 g/mol. The van der Waals surface area contributed by atoms with E-state index in [-0.39, 0.29) is 5.91 Å². The number of thiophene rings is 1. The number of amides is 1. The van der Waals surface area contributed by atoms with E-state index in [2.05, 4.69) is 38.1 Å². The van der Waals surface area contributed by atoms with Crippen LogP contribution in [0.15, 0.2) is 42.5 Å². The number of nitrogens with zero attached hydrogens (tertiary/aromatic N) is 2. The van der Waals surface area contributed by atoms with Gasteiger partial charge in [-0.15, -0.1) is 11.3 Å². The minimum atomic E-state index is -0.0302. The van der Waals surface area contributed by atoms with Gasteiger partial charge in [0.25, 0.3) is 5.91 Å². The number of pyridine rings is 1. The molecule has 0 radical (unpaired) electrons. The summed E-state index contributed by atoms with van der Waals surface area (Å²) in [7, 11) is 0. The van der Waals surface area contributed by atoms with E-state index in [1.807, 2.05) is 23.1 Å². The first-order valence-corrected chi connectivity index (χ1v) is 9.84. The van der Waals surface area contributed by atoms with Crippen molar-refractivity contribution >= 4 is 49.7 Å². The minimum absolute atomic E-state index is 0.0302. The molecule has 3 heterocycles. The van der Waals surface area contributed by atoms with Gasteiger partial charge in [-0.05, 0) is 55.2 Å². The van der Waals surface area contributed by atoms with Gasteiger partial charge in [0.15, 0.2) is 0 Å². The number of para-hydroxylation sites is 1. The SMILES string of the molecule is Cc1cc(C)c2cc3c(N)c(C(=O)N4CCc5ccccc54)sc3nc2c1. The van der Waals surface area contributed by atoms with Gasteiger partial charge in [0.1, 0.15) is 9.71 Å². The molecule has 1 aliphatic heterocycles. The van der Waals surface area contributed by atoms with E-state index < -0.39 is 0 Å². The fraction of sp³-hybridized carbons (Fsp3) is 0.182. The number of nitrogen functional groups attached to an aromatic ring is 1. The third-order valence-corrected chi connectivity index (χ3v) is 6.41. The Morgan fingerprint density at radius 1 is 1.15 bits per heavy atom. The molecule has 27 heavy (non-hydrogen) atoms. The molecule has 1 aliphatic rings. The average Bonchev–Trinajstić information content (AvgIpc) is 3.21. The zero-order chi connectivity index (χ0) is 18.7. The average molecular weight is 373 g/mol. The first kappa shape index (κ1) is 16.3. The summed E-state index contributed by atoms with van der Waals surface area (Å²) in [5.41, 5.74) is 12.5. The van der Waals surface area contributed by atoms with Crippen molar-refractivity contribution in [3.63, 3.8) is 0 Å². The lowest BCUT2D eigenvalue weighted by Gasteiger charge is -2.16. The van der Waals surface area contributed by atoms with Gasteiger partial charge < -0.3 is 10.6 Å². The highest BCUT2D eigenvalue weighted by Crippen LogP contribution is 2.38. The Kier molecular flexibility index (Phi) is 3.49. The molecule has 5 heteroatoms. The summed E-state index contributed by atoms with van der Waals surface area (Å²) >= 11 is 1.39. The van der Waals surface area contributed by atoms with Crippen molar-refractivity contribution in [3.8, 4) is 0 Å². The van der Waals surface area contributed by atoms with E-state index in [1.165, 1.54) is 28.0 Å². The Morgan fingerprint density at radius 2 is 1.96 bits per heavy atom. The summed E-state index contributed by atoms with van der Waals surface area (Å²) in [5, 5.41) is 1.96. The maximum Gasteiger partial charge on any atom is 0.270 e. The van der Waals surface area contributed by atoms with Crippen molar-refractivity contribution in [1.29, 1.82) is 0 Å². The zero-order valence-corrected chi connectivity index (χ0v) is 16.1. The van der Waals surface area contributed by atoms with Gasteiger partial charge in [0.2, 0.25) is 0 Å². The van der Waals surface area contributed by atoms with Crippen LogP contribution >= 0.6 is 11.3 Å². The number of rotatable bonds is 1. The van der Waals surface area contributed by atoms with E-state index in [0.29, 0.717) is 17.1 Å². The molecule has 134 valence electrons. The Hall–Kier alpha value is -2.92. The summed E-state index contributed by atoms with van der Waals surface area (Å²) in [6.45, 7) is 4.85. The summed E-state index contributed by atoms with van der Waals surface area (Å²) in [5.74, 6) is -0.0302. The Bertz CT molecular complexity index is 1240. The van der Waals surface area contributed by atoms with Crippen LogP contribution in [-0.2, 0) is 6.42 Å². The molecule has 0 saturated carbocycles. The summed E-state index contributed by atoms with van der Waals surface area (Å²) in [6.07, 6.45) is 0.882. The Balaban J connectivity index is 1.66. The third kappa shape index (κ3) is 2.42. The van der Waals surface area contributed by atoms with Crippen LogP contribution in [0.5, 0.6) is 0 Å². The van der Waals surface area contributed by atoms with Crippen LogP contribution in [0.3, 0.4) is 0 Å². The maximum atomic E-state index is 13.2. The number of carbonyl (C=O) groups excluding carboxylic acids is 1. The smallest absolute Gasteiger partial charge is 0.270 e. The fourth-order valence-corrected chi connectivity index (χ4v) is 5.02. The van der Waals surface area contributed by atoms with Gasteiger partial charge in [0, 0.05) is 23.0 Å². The lowest BCUT2D eigenvalue weighted by molar-refractivity contribution is 0.0994. The lowest BCUT2D eigenvalue weighted by atomic mass is 10.0. The predicted molar refractivity (Wildman–Crippen MR) is 113 cm³/mol. The second kappa shape index (κ2) is 5.79. The third-order valence-electron chi connectivity index (χ3n) is 5.31. The van der Waals surface area contributed by atoms with Crippen molar-refractivity contribution in [2.24, 2.45) is 0 Å². The normalized spacial score (nSPS) is 13.5. The molecular formula is C22H19N3OS. The fourth-order valence-electron chi connectivity index (χ4n) is 3.99. The van der Waals surface area contributed by atoms with Crippen LogP contribution < -0.4 is 10.6 Å². The van der Waals surface area contributed by atoms with E-state index in [0.717, 1.165) is 33.2 Å². The van der Waals surface area contributed by atoms with Crippen molar-refractivity contribution < 1.29 is 4.79 Å². The first-order valence-electron chi connectivity index (χ1n) is 9.02. The molecule has 2 aromatic heterocycles. The highest BCUT2D eigenvalue weighted by atomic mass is 32.1. The minimum Gasteiger partial charge on any atom is -0.397 e. The number of anilines is 2. The number of benzene rings is 2. The summed E-state index contributed by atoms with van der Waals surface area (Å²) in [6, 6.07) is 14.4. The summed E-state index contributed by atoms with van der Waals surface area (Å²) < 4.78 is 0. The number of aromatic nitrogens is 1. The standard InChI is InChI=1S/C22H19N3OS/c1-12-9-13(2)15-11-16-19(23)20(27-21(16)24-17(15)10-12)22(26)25-8-7-14-5-3-4-6-18(14)25/h3-6,9-11H,7-8,23H2,1-2H3. The number of hydrogen-bond donors (Lipinski definition) is 1. The highest BCUT2D eigenvalue weighted by Gasteiger charge is 2.28. The lowest BCUT2D eigenvalue weighted by Crippen LogP contribution is -2.28. The number of aryl methyl sites for hydroxylation is 2. The molecule has 0 atom stereocenters. The van der Waals surface area contributed by atoms with Crippen molar-refractivity contribution in [2.45, 2.75) is 20.3 Å². The van der Waals surface area contributed by atoms with Crippen molar-refractivity contribution in [2.75, 3.05) is 17.2 Å². The van der Waals surface area contributed by atoms with E-state index in [9.17, 15) is 4.79 Å². The summed E-state index contributed by atoms with van der Waals surface area (Å²) in [4.78, 5) is 21.3. The molecule has 0 saturated heterocycles. The number of nitrogens with two attached hydrogens (primary N) is 1. The van der Waals surface area contributed by atoms with E-state index in [1.54, 1.807) is 0 Å². The molecular weight excluding hydrogens is 354 g/mol. The van der Waals surface area contributed by atoms with Gasteiger partial charge in [-0.1, -0.05) is 24.3 Å². The largest absolute Gasteiger partial charge is 0.397 e. The van der Waals surface area contributed by atoms with Gasteiger partial charge in [-0.25, -0.2) is 4.98 Å². The highest BCUT2D eigenvalue weighted by molar-refractivity contribution is 7.21. The second-order valence-electron chi connectivity index (χ2n) is 7.17. The van der Waals surface area contributed by atoms with E-state index in [4.69, 9.17) is 10.7 Å². The molecule has 0 spiro atoms. The van der Waals surface area contributed by atoms with Crippen molar-refractivity contribution in [1.82, 2.24) is 4.98 Å². The number of carbonyl (C=O) groups is 1. The zero-order valence-electron chi connectivity index (χ0n) is 15.2. The Morgan fingerprint density at radius 3 is 2.81 bits per heavy atom. The Labute approximate surface area is 161 Å². The molecule has 0 unspecified atom stereocenters. The van der Waals surface area contributed by atoms with Crippen LogP contribution in [0.1, 0.15) is 26.4 Å². The molecule has 0 aliphatic carbocycles. The number of fused-ring (bicyclic) bond motifs is 3. The number of hydrogen-bond acceptors (Lipinski definition) is 4. The first-order chi connectivity index (χ1) is 13.0. The molecule has 0 fully saturated rings. The van der Waals surface area contributed by atoms with Crippen molar-refractivity contribution in [3.05, 3.63) is 64.0 Å². The van der Waals surface area contributed by atoms with Gasteiger partial charge in [0.05, 0.1) is 11.2 Å². The van der Waals surface area contributed by atoms with E-state index >= 15 is 0 Å². The van der Waals surface area contributed by atoms with Crippen LogP contribution in [0.25, 0.3) is 21.1 Å². The van der Waals surface area contributed by atoms with Gasteiger partial charge in [-0.2, -0.15) is 0 Å². The second-order valence-corrected chi connectivity index (χ2v) is 8.17. The van der Waals surface area contributed by atoms with Crippen LogP contribution in [0.2, 0.25) is 0 Å². The van der Waals surface area contributed by atoms with Crippen LogP contribution in [0.4, 0.5) is 11.4 Å². The van der Waals surface area contributed by atoms with Crippen LogP contribution in [0, 0.1) is 13.8 Å².